The molecule has 1 aromatic carbocycles. The SMILES string of the molecule is Cn1cc(-n2c(=O)[nH]c3cnc4ccccc4c32)cn1. The quantitative estimate of drug-likeness (QED) is 0.568. The monoisotopic (exact) mass is 265 g/mol. The molecule has 4 rings (SSSR count). The van der Waals surface area contributed by atoms with Gasteiger partial charge in [-0.2, -0.15) is 5.10 Å². The maximum Gasteiger partial charge on any atom is 0.331 e. The van der Waals surface area contributed by atoms with Crippen molar-refractivity contribution in [2.75, 3.05) is 0 Å². The molecule has 0 saturated heterocycles. The van der Waals surface area contributed by atoms with Crippen LogP contribution in [0.15, 0.2) is 47.7 Å². The van der Waals surface area contributed by atoms with E-state index in [-0.39, 0.29) is 5.69 Å². The smallest absolute Gasteiger partial charge is 0.304 e. The Kier molecular flexibility index (Phi) is 2.09. The van der Waals surface area contributed by atoms with Gasteiger partial charge in [0, 0.05) is 18.6 Å². The Labute approximate surface area is 113 Å². The Morgan fingerprint density at radius 2 is 2.05 bits per heavy atom. The third kappa shape index (κ3) is 1.41. The summed E-state index contributed by atoms with van der Waals surface area (Å²) in [5.74, 6) is 0. The largest absolute Gasteiger partial charge is 0.331 e. The van der Waals surface area contributed by atoms with Crippen molar-refractivity contribution in [3.63, 3.8) is 0 Å². The predicted octanol–water partition coefficient (Wildman–Crippen LogP) is 1.60. The molecule has 0 aliphatic rings. The van der Waals surface area contributed by atoms with Gasteiger partial charge < -0.3 is 4.98 Å². The number of nitrogens with one attached hydrogen (secondary N) is 1. The highest BCUT2D eigenvalue weighted by Gasteiger charge is 2.13. The Morgan fingerprint density at radius 1 is 1.20 bits per heavy atom. The van der Waals surface area contributed by atoms with Crippen molar-refractivity contribution in [3.05, 3.63) is 53.3 Å². The molecule has 98 valence electrons. The fourth-order valence-electron chi connectivity index (χ4n) is 2.50. The summed E-state index contributed by atoms with van der Waals surface area (Å²) in [7, 11) is 1.82. The zero-order valence-electron chi connectivity index (χ0n) is 10.7. The summed E-state index contributed by atoms with van der Waals surface area (Å²) < 4.78 is 3.30. The number of benzene rings is 1. The lowest BCUT2D eigenvalue weighted by atomic mass is 10.2. The number of H-pyrrole nitrogens is 1. The van der Waals surface area contributed by atoms with Crippen LogP contribution in [0, 0.1) is 0 Å². The first-order valence-electron chi connectivity index (χ1n) is 6.21. The van der Waals surface area contributed by atoms with Gasteiger partial charge in [-0.15, -0.1) is 0 Å². The van der Waals surface area contributed by atoms with Crippen molar-refractivity contribution in [1.29, 1.82) is 0 Å². The second-order valence-corrected chi connectivity index (χ2v) is 4.68. The van der Waals surface area contributed by atoms with E-state index in [1.165, 1.54) is 0 Å². The fourth-order valence-corrected chi connectivity index (χ4v) is 2.50. The van der Waals surface area contributed by atoms with Gasteiger partial charge in [0.2, 0.25) is 0 Å². The Bertz CT molecular complexity index is 992. The van der Waals surface area contributed by atoms with Crippen LogP contribution < -0.4 is 5.69 Å². The first kappa shape index (κ1) is 11.0. The van der Waals surface area contributed by atoms with Gasteiger partial charge in [-0.3, -0.25) is 14.2 Å². The normalized spacial score (nSPS) is 11.4. The number of hydrogen-bond donors (Lipinski definition) is 1. The zero-order valence-corrected chi connectivity index (χ0v) is 10.7. The Hall–Kier alpha value is -2.89. The van der Waals surface area contributed by atoms with Gasteiger partial charge in [0.05, 0.1) is 34.6 Å². The highest BCUT2D eigenvalue weighted by atomic mass is 16.1. The summed E-state index contributed by atoms with van der Waals surface area (Å²) in [5.41, 5.74) is 2.95. The van der Waals surface area contributed by atoms with Crippen LogP contribution in [0.3, 0.4) is 0 Å². The third-order valence-corrected chi connectivity index (χ3v) is 3.36. The number of fused-ring (bicyclic) bond motifs is 3. The average molecular weight is 265 g/mol. The number of imidazole rings is 1. The second kappa shape index (κ2) is 3.80. The Morgan fingerprint density at radius 3 is 2.85 bits per heavy atom. The molecule has 0 bridgehead atoms. The van der Waals surface area contributed by atoms with E-state index in [0.29, 0.717) is 0 Å². The number of para-hydroxylation sites is 1. The van der Waals surface area contributed by atoms with E-state index in [1.807, 2.05) is 37.5 Å². The minimum Gasteiger partial charge on any atom is -0.304 e. The van der Waals surface area contributed by atoms with Gasteiger partial charge in [0.25, 0.3) is 0 Å². The molecule has 3 aromatic heterocycles. The van der Waals surface area contributed by atoms with E-state index in [2.05, 4.69) is 15.1 Å². The highest BCUT2D eigenvalue weighted by Crippen LogP contribution is 2.23. The molecule has 0 saturated carbocycles. The number of aromatic nitrogens is 5. The molecule has 0 fully saturated rings. The average Bonchev–Trinajstić information content (AvgIpc) is 3.01. The van der Waals surface area contributed by atoms with Crippen LogP contribution in [0.4, 0.5) is 0 Å². The van der Waals surface area contributed by atoms with Crippen LogP contribution >= 0.6 is 0 Å². The lowest BCUT2D eigenvalue weighted by Crippen LogP contribution is -2.14. The molecule has 0 spiro atoms. The molecule has 6 heteroatoms. The first-order chi connectivity index (χ1) is 9.74. The molecule has 1 N–H and O–H groups in total. The van der Waals surface area contributed by atoms with Crippen molar-refractivity contribution in [2.24, 2.45) is 7.05 Å². The van der Waals surface area contributed by atoms with Crippen LogP contribution in [0.1, 0.15) is 0 Å². The highest BCUT2D eigenvalue weighted by molar-refractivity contribution is 6.02. The minimum atomic E-state index is -0.189. The standard InChI is InChI=1S/C14H11N5O/c1-18-8-9(6-16-18)19-13-10-4-2-3-5-11(10)15-7-12(13)17-14(19)20/h2-8H,1H3,(H,17,20). The van der Waals surface area contributed by atoms with Crippen LogP contribution in [0.25, 0.3) is 27.6 Å². The number of aryl methyl sites for hydroxylation is 1. The maximum absolute atomic E-state index is 12.2. The molecule has 20 heavy (non-hydrogen) atoms. The number of aromatic amines is 1. The number of hydrogen-bond acceptors (Lipinski definition) is 3. The van der Waals surface area contributed by atoms with Crippen molar-refractivity contribution in [3.8, 4) is 5.69 Å². The maximum atomic E-state index is 12.2. The summed E-state index contributed by atoms with van der Waals surface area (Å²) >= 11 is 0. The van der Waals surface area contributed by atoms with E-state index in [0.717, 1.165) is 27.6 Å². The first-order valence-corrected chi connectivity index (χ1v) is 6.21. The molecule has 0 aliphatic carbocycles. The summed E-state index contributed by atoms with van der Waals surface area (Å²) in [6.07, 6.45) is 5.17. The molecular formula is C14H11N5O. The predicted molar refractivity (Wildman–Crippen MR) is 76.0 cm³/mol. The van der Waals surface area contributed by atoms with Gasteiger partial charge in [-0.1, -0.05) is 18.2 Å². The van der Waals surface area contributed by atoms with Crippen molar-refractivity contribution in [2.45, 2.75) is 0 Å². The summed E-state index contributed by atoms with van der Waals surface area (Å²) in [4.78, 5) is 19.4. The van der Waals surface area contributed by atoms with Gasteiger partial charge in [0.1, 0.15) is 0 Å². The van der Waals surface area contributed by atoms with E-state index in [1.54, 1.807) is 21.6 Å². The zero-order chi connectivity index (χ0) is 13.7. The second-order valence-electron chi connectivity index (χ2n) is 4.68. The molecule has 0 radical (unpaired) electrons. The molecule has 6 nitrogen and oxygen atoms in total. The minimum absolute atomic E-state index is 0.189. The van der Waals surface area contributed by atoms with Gasteiger partial charge in [-0.25, -0.2) is 4.79 Å². The third-order valence-electron chi connectivity index (χ3n) is 3.36. The van der Waals surface area contributed by atoms with Crippen molar-refractivity contribution in [1.82, 2.24) is 24.3 Å². The summed E-state index contributed by atoms with van der Waals surface area (Å²) in [6.45, 7) is 0. The van der Waals surface area contributed by atoms with Gasteiger partial charge in [0.15, 0.2) is 0 Å². The molecular weight excluding hydrogens is 254 g/mol. The van der Waals surface area contributed by atoms with Crippen LogP contribution in [-0.4, -0.2) is 24.3 Å². The topological polar surface area (TPSA) is 68.5 Å². The van der Waals surface area contributed by atoms with E-state index < -0.39 is 0 Å². The summed E-state index contributed by atoms with van der Waals surface area (Å²) in [6, 6.07) is 7.76. The number of nitrogens with zero attached hydrogens (tertiary/aromatic N) is 4. The van der Waals surface area contributed by atoms with Crippen LogP contribution in [0.2, 0.25) is 0 Å². The van der Waals surface area contributed by atoms with Crippen molar-refractivity contribution >= 4 is 21.9 Å². The lowest BCUT2D eigenvalue weighted by Gasteiger charge is -2.02. The van der Waals surface area contributed by atoms with E-state index in [4.69, 9.17) is 0 Å². The summed E-state index contributed by atoms with van der Waals surface area (Å²) in [5, 5.41) is 5.07. The van der Waals surface area contributed by atoms with E-state index >= 15 is 0 Å². The molecule has 4 aromatic rings. The number of pyridine rings is 1. The number of rotatable bonds is 1. The molecule has 0 unspecified atom stereocenters. The lowest BCUT2D eigenvalue weighted by molar-refractivity contribution is 0.767. The molecule has 3 heterocycles. The fraction of sp³-hybridized carbons (Fsp3) is 0.0714. The molecule has 0 amide bonds. The van der Waals surface area contributed by atoms with Gasteiger partial charge in [-0.05, 0) is 6.07 Å². The van der Waals surface area contributed by atoms with Gasteiger partial charge >= 0.3 is 5.69 Å². The molecule has 0 aliphatic heterocycles. The van der Waals surface area contributed by atoms with Crippen LogP contribution in [0.5, 0.6) is 0 Å². The molecule has 0 atom stereocenters. The van der Waals surface area contributed by atoms with Crippen LogP contribution in [-0.2, 0) is 7.05 Å². The Balaban J connectivity index is 2.22. The van der Waals surface area contributed by atoms with Crippen molar-refractivity contribution < 1.29 is 0 Å². The van der Waals surface area contributed by atoms with E-state index in [9.17, 15) is 4.79 Å².